The van der Waals surface area contributed by atoms with Gasteiger partial charge in [-0.2, -0.15) is 0 Å². The molecule has 1 aromatic carbocycles. The van der Waals surface area contributed by atoms with Gasteiger partial charge in [0.2, 0.25) is 5.91 Å². The summed E-state index contributed by atoms with van der Waals surface area (Å²) in [6, 6.07) is 6.61. The number of pyridine rings is 1. The molecule has 12 heteroatoms. The van der Waals surface area contributed by atoms with E-state index in [4.69, 9.17) is 4.74 Å². The summed E-state index contributed by atoms with van der Waals surface area (Å²) in [5, 5.41) is 3.01. The number of alkyl carbamates (subject to hydrolysis) is 1. The van der Waals surface area contributed by atoms with Crippen LogP contribution in [0.4, 0.5) is 14.0 Å². The van der Waals surface area contributed by atoms with Crippen molar-refractivity contribution in [2.45, 2.75) is 78.5 Å². The van der Waals surface area contributed by atoms with Gasteiger partial charge in [-0.25, -0.2) is 18.5 Å². The molecule has 0 spiro atoms. The van der Waals surface area contributed by atoms with Crippen LogP contribution in [0.5, 0.6) is 0 Å². The van der Waals surface area contributed by atoms with E-state index < -0.39 is 41.0 Å². The highest BCUT2D eigenvalue weighted by molar-refractivity contribution is 5.93. The number of Topliss-reactive ketones (excluding diaryl/α,β-unsaturated/α-hetero) is 1. The van der Waals surface area contributed by atoms with Crippen molar-refractivity contribution in [3.63, 3.8) is 0 Å². The molecule has 0 fully saturated rings. The quantitative estimate of drug-likeness (QED) is 0.265. The number of nitrogens with one attached hydrogen (secondary N) is 1. The van der Waals surface area contributed by atoms with Gasteiger partial charge in [-0.05, 0) is 81.9 Å². The number of ketones is 1. The van der Waals surface area contributed by atoms with Crippen LogP contribution >= 0.6 is 0 Å². The zero-order chi connectivity index (χ0) is 35.1. The zero-order valence-corrected chi connectivity index (χ0v) is 28.4. The van der Waals surface area contributed by atoms with Crippen molar-refractivity contribution in [3.05, 3.63) is 81.7 Å². The SMILES string of the molecule is COC(=O)N[C@@H](CC/C=C/C(=O)N(C)C)C(=O)Cc1cccn(Cc2cc3cc(F)cc(CC(C)C)c3n2C(=O)OC(C)(C)C)c1=O. The number of amides is 2. The van der Waals surface area contributed by atoms with Gasteiger partial charge >= 0.3 is 12.2 Å². The van der Waals surface area contributed by atoms with Crippen molar-refractivity contribution in [3.8, 4) is 0 Å². The lowest BCUT2D eigenvalue weighted by molar-refractivity contribution is -0.123. The average Bonchev–Trinajstić information content (AvgIpc) is 3.33. The van der Waals surface area contributed by atoms with Crippen LogP contribution in [0, 0.1) is 11.7 Å². The third-order valence-corrected chi connectivity index (χ3v) is 7.21. The molecule has 0 aliphatic heterocycles. The van der Waals surface area contributed by atoms with E-state index in [9.17, 15) is 28.4 Å². The van der Waals surface area contributed by atoms with E-state index >= 15 is 0 Å². The Morgan fingerprint density at radius 3 is 2.40 bits per heavy atom. The first-order valence-electron chi connectivity index (χ1n) is 15.5. The van der Waals surface area contributed by atoms with Crippen LogP contribution in [0.2, 0.25) is 0 Å². The second kappa shape index (κ2) is 15.7. The molecule has 11 nitrogen and oxygen atoms in total. The van der Waals surface area contributed by atoms with Crippen molar-refractivity contribution in [1.29, 1.82) is 0 Å². The van der Waals surface area contributed by atoms with E-state index in [1.54, 1.807) is 59.3 Å². The first-order valence-corrected chi connectivity index (χ1v) is 15.5. The second-order valence-corrected chi connectivity index (χ2v) is 13.1. The summed E-state index contributed by atoms with van der Waals surface area (Å²) < 4.78 is 27.9. The van der Waals surface area contributed by atoms with Crippen LogP contribution in [0.3, 0.4) is 0 Å². The summed E-state index contributed by atoms with van der Waals surface area (Å²) in [4.78, 5) is 65.8. The van der Waals surface area contributed by atoms with Crippen molar-refractivity contribution in [1.82, 2.24) is 19.4 Å². The predicted octanol–water partition coefficient (Wildman–Crippen LogP) is 5.23. The summed E-state index contributed by atoms with van der Waals surface area (Å²) in [7, 11) is 4.41. The fraction of sp³-hybridized carbons (Fsp3) is 0.457. The zero-order valence-electron chi connectivity index (χ0n) is 28.4. The average molecular weight is 653 g/mol. The molecule has 1 N–H and O–H groups in total. The Morgan fingerprint density at radius 1 is 1.09 bits per heavy atom. The molecule has 3 rings (SSSR count). The number of allylic oxidation sites excluding steroid dienone is 1. The van der Waals surface area contributed by atoms with Crippen LogP contribution in [0.15, 0.2) is 53.5 Å². The highest BCUT2D eigenvalue weighted by atomic mass is 19.1. The molecule has 2 aromatic heterocycles. The molecule has 0 radical (unpaired) electrons. The second-order valence-electron chi connectivity index (χ2n) is 13.1. The maximum Gasteiger partial charge on any atom is 0.419 e. The number of rotatable bonds is 12. The van der Waals surface area contributed by atoms with Crippen LogP contribution in [-0.2, 0) is 38.4 Å². The number of ether oxygens (including phenoxy) is 2. The molecule has 0 saturated heterocycles. The van der Waals surface area contributed by atoms with E-state index in [-0.39, 0.29) is 36.8 Å². The highest BCUT2D eigenvalue weighted by Gasteiger charge is 2.26. The third kappa shape index (κ3) is 10.1. The van der Waals surface area contributed by atoms with Gasteiger partial charge in [-0.1, -0.05) is 26.0 Å². The first kappa shape index (κ1) is 36.7. The van der Waals surface area contributed by atoms with Gasteiger partial charge < -0.3 is 24.3 Å². The molecule has 1 atom stereocenters. The molecule has 0 bridgehead atoms. The van der Waals surface area contributed by atoms with Gasteiger partial charge in [0.15, 0.2) is 5.78 Å². The minimum atomic E-state index is -0.974. The largest absolute Gasteiger partial charge is 0.453 e. The molecule has 2 heterocycles. The Hall–Kier alpha value is -4.74. The molecular weight excluding hydrogens is 607 g/mol. The summed E-state index contributed by atoms with van der Waals surface area (Å²) in [5.74, 6) is -0.898. The molecule has 0 saturated carbocycles. The number of benzene rings is 1. The number of hydrogen-bond acceptors (Lipinski definition) is 7. The lowest BCUT2D eigenvalue weighted by atomic mass is 10.0. The monoisotopic (exact) mass is 652 g/mol. The van der Waals surface area contributed by atoms with Crippen molar-refractivity contribution in [2.24, 2.45) is 5.92 Å². The number of fused-ring (bicyclic) bond motifs is 1. The van der Waals surface area contributed by atoms with Gasteiger partial charge in [0.1, 0.15) is 11.4 Å². The normalized spacial score (nSPS) is 12.4. The van der Waals surface area contributed by atoms with E-state index in [0.717, 1.165) is 0 Å². The van der Waals surface area contributed by atoms with E-state index in [1.807, 2.05) is 13.8 Å². The molecule has 3 aromatic rings. The van der Waals surface area contributed by atoms with Crippen molar-refractivity contribution < 1.29 is 33.0 Å². The lowest BCUT2D eigenvalue weighted by Crippen LogP contribution is -2.42. The molecule has 0 unspecified atom stereocenters. The number of halogens is 1. The summed E-state index contributed by atoms with van der Waals surface area (Å²) in [5.41, 5.74) is 0.459. The number of carbonyl (C=O) groups excluding carboxylic acids is 4. The first-order chi connectivity index (χ1) is 22.0. The van der Waals surface area contributed by atoms with Crippen LogP contribution in [-0.4, -0.2) is 70.8 Å². The predicted molar refractivity (Wildman–Crippen MR) is 177 cm³/mol. The topological polar surface area (TPSA) is 129 Å². The minimum absolute atomic E-state index is 0.0634. The molecule has 254 valence electrons. The molecule has 0 aliphatic carbocycles. The molecular formula is C35H45FN4O7. The molecule has 2 amide bonds. The van der Waals surface area contributed by atoms with Crippen molar-refractivity contribution in [2.75, 3.05) is 21.2 Å². The number of likely N-dealkylation sites (N-methyl/N-ethyl adjacent to an activating group) is 1. The Bertz CT molecular complexity index is 1710. The summed E-state index contributed by atoms with van der Waals surface area (Å²) in [6.07, 6.45) is 3.80. The number of aromatic nitrogens is 2. The van der Waals surface area contributed by atoms with E-state index in [2.05, 4.69) is 10.1 Å². The Balaban J connectivity index is 1.97. The Labute approximate surface area is 274 Å². The van der Waals surface area contributed by atoms with E-state index in [1.165, 1.54) is 45.4 Å². The maximum absolute atomic E-state index is 14.7. The van der Waals surface area contributed by atoms with Gasteiger partial charge in [0, 0.05) is 37.7 Å². The van der Waals surface area contributed by atoms with Gasteiger partial charge in [0.25, 0.3) is 5.56 Å². The van der Waals surface area contributed by atoms with Gasteiger partial charge in [-0.3, -0.25) is 14.4 Å². The Kier molecular flexibility index (Phi) is 12.3. The lowest BCUT2D eigenvalue weighted by Gasteiger charge is -2.22. The van der Waals surface area contributed by atoms with Crippen LogP contribution in [0.1, 0.15) is 64.3 Å². The van der Waals surface area contributed by atoms with Gasteiger partial charge in [-0.15, -0.1) is 0 Å². The maximum atomic E-state index is 14.7. The number of nitrogens with zero attached hydrogens (tertiary/aromatic N) is 3. The number of methoxy groups -OCH3 is 1. The van der Waals surface area contributed by atoms with Crippen LogP contribution in [0.25, 0.3) is 10.9 Å². The fourth-order valence-electron chi connectivity index (χ4n) is 5.12. The number of carbonyl (C=O) groups is 4. The van der Waals surface area contributed by atoms with Gasteiger partial charge in [0.05, 0.1) is 30.9 Å². The highest BCUT2D eigenvalue weighted by Crippen LogP contribution is 2.29. The minimum Gasteiger partial charge on any atom is -0.453 e. The van der Waals surface area contributed by atoms with Crippen LogP contribution < -0.4 is 10.9 Å². The van der Waals surface area contributed by atoms with E-state index in [0.29, 0.717) is 35.0 Å². The number of hydrogen-bond donors (Lipinski definition) is 1. The molecule has 47 heavy (non-hydrogen) atoms. The molecule has 0 aliphatic rings. The Morgan fingerprint density at radius 2 is 1.79 bits per heavy atom. The van der Waals surface area contributed by atoms with Crippen molar-refractivity contribution >= 4 is 34.8 Å². The summed E-state index contributed by atoms with van der Waals surface area (Å²) >= 11 is 0. The third-order valence-electron chi connectivity index (χ3n) is 7.21. The fourth-order valence-corrected chi connectivity index (χ4v) is 5.12. The summed E-state index contributed by atoms with van der Waals surface area (Å²) in [6.45, 7) is 9.18. The smallest absolute Gasteiger partial charge is 0.419 e. The standard InChI is InChI=1S/C35H45FN4O7/c1-22(2)16-24-17-26(36)18-25-19-27(40(31(24)25)34(45)47-35(3,4)5)21-39-15-11-12-23(32(39)43)20-29(41)28(37-33(44)46-8)13-9-10-14-30(42)38(6)7/h10-12,14-15,17-19,22,28H,9,13,16,20-21H2,1-8H3,(H,37,44)/b14-10+/t28-/m0/s1.